The summed E-state index contributed by atoms with van der Waals surface area (Å²) in [5.74, 6) is 0.178. The molecule has 1 amide bonds. The molecule has 4 nitrogen and oxygen atoms in total. The maximum atomic E-state index is 12.8. The number of hydrogen-bond acceptors (Lipinski definition) is 4. The minimum atomic E-state index is -0.258. The first-order valence-electron chi connectivity index (χ1n) is 9.15. The highest BCUT2D eigenvalue weighted by Gasteiger charge is 2.18. The van der Waals surface area contributed by atoms with Crippen molar-refractivity contribution in [2.45, 2.75) is 6.92 Å². The van der Waals surface area contributed by atoms with E-state index in [1.807, 2.05) is 49.4 Å². The first-order chi connectivity index (χ1) is 14.5. The monoisotopic (exact) mass is 452 g/mol. The van der Waals surface area contributed by atoms with Gasteiger partial charge in [0.2, 0.25) is 5.89 Å². The van der Waals surface area contributed by atoms with Crippen molar-refractivity contribution in [2.75, 3.05) is 5.32 Å². The Labute approximate surface area is 186 Å². The predicted molar refractivity (Wildman–Crippen MR) is 124 cm³/mol. The largest absolute Gasteiger partial charge is 0.436 e. The van der Waals surface area contributed by atoms with Crippen molar-refractivity contribution in [2.24, 2.45) is 0 Å². The fourth-order valence-electron chi connectivity index (χ4n) is 3.26. The Kier molecular flexibility index (Phi) is 4.74. The highest BCUT2D eigenvalue weighted by atomic mass is 35.5. The molecule has 0 bridgehead atoms. The van der Waals surface area contributed by atoms with Gasteiger partial charge in [-0.25, -0.2) is 4.98 Å². The van der Waals surface area contributed by atoms with Gasteiger partial charge in [0.1, 0.15) is 10.4 Å². The van der Waals surface area contributed by atoms with Gasteiger partial charge in [0, 0.05) is 15.8 Å². The van der Waals surface area contributed by atoms with Crippen molar-refractivity contribution in [1.82, 2.24) is 4.98 Å². The first kappa shape index (κ1) is 19.1. The molecule has 0 aliphatic heterocycles. The molecule has 2 heterocycles. The number of halogens is 2. The maximum Gasteiger partial charge on any atom is 0.267 e. The van der Waals surface area contributed by atoms with Gasteiger partial charge in [-0.1, -0.05) is 47.5 Å². The van der Waals surface area contributed by atoms with Gasteiger partial charge in [0.15, 0.2) is 5.58 Å². The maximum absolute atomic E-state index is 12.8. The van der Waals surface area contributed by atoms with Gasteiger partial charge in [-0.05, 0) is 48.9 Å². The lowest BCUT2D eigenvalue weighted by atomic mass is 10.1. The molecule has 1 N–H and O–H groups in total. The quantitative estimate of drug-likeness (QED) is 0.306. The van der Waals surface area contributed by atoms with Crippen molar-refractivity contribution in [3.05, 3.63) is 81.1 Å². The summed E-state index contributed by atoms with van der Waals surface area (Å²) in [7, 11) is 0. The molecule has 5 aromatic rings. The number of fused-ring (bicyclic) bond motifs is 2. The Morgan fingerprint density at radius 1 is 1.07 bits per heavy atom. The van der Waals surface area contributed by atoms with Gasteiger partial charge in [0.25, 0.3) is 5.91 Å². The number of benzene rings is 3. The van der Waals surface area contributed by atoms with E-state index in [4.69, 9.17) is 27.6 Å². The number of carbonyl (C=O) groups is 1. The van der Waals surface area contributed by atoms with E-state index in [-0.39, 0.29) is 5.91 Å². The van der Waals surface area contributed by atoms with E-state index in [2.05, 4.69) is 10.3 Å². The number of hydrogen-bond donors (Lipinski definition) is 1. The molecule has 0 unspecified atom stereocenters. The molecule has 148 valence electrons. The van der Waals surface area contributed by atoms with E-state index < -0.39 is 0 Å². The van der Waals surface area contributed by atoms with Crippen LogP contribution < -0.4 is 5.32 Å². The van der Waals surface area contributed by atoms with Crippen LogP contribution in [0.25, 0.3) is 32.6 Å². The fourth-order valence-corrected chi connectivity index (χ4v) is 4.99. The second kappa shape index (κ2) is 7.43. The number of nitrogens with one attached hydrogen (secondary N) is 1. The number of thiophene rings is 1. The first-order valence-corrected chi connectivity index (χ1v) is 10.7. The predicted octanol–water partition coefficient (Wildman–Crippen LogP) is 7.58. The van der Waals surface area contributed by atoms with Crippen molar-refractivity contribution < 1.29 is 9.21 Å². The number of carbonyl (C=O) groups excluding carboxylic acids is 1. The third kappa shape index (κ3) is 3.35. The van der Waals surface area contributed by atoms with Crippen LogP contribution in [-0.4, -0.2) is 10.9 Å². The lowest BCUT2D eigenvalue weighted by Crippen LogP contribution is -2.10. The Morgan fingerprint density at radius 2 is 1.90 bits per heavy atom. The topological polar surface area (TPSA) is 55.1 Å². The highest BCUT2D eigenvalue weighted by Crippen LogP contribution is 2.36. The summed E-state index contributed by atoms with van der Waals surface area (Å²) >= 11 is 14.1. The molecule has 0 saturated carbocycles. The zero-order valence-electron chi connectivity index (χ0n) is 15.7. The number of oxazole rings is 1. The second-order valence-corrected chi connectivity index (χ2v) is 8.72. The zero-order valence-corrected chi connectivity index (χ0v) is 18.0. The molecular formula is C23H14Cl2N2O2S. The summed E-state index contributed by atoms with van der Waals surface area (Å²) in [5.41, 5.74) is 3.63. The average molecular weight is 453 g/mol. The third-order valence-electron chi connectivity index (χ3n) is 4.74. The van der Waals surface area contributed by atoms with Crippen molar-refractivity contribution in [3.8, 4) is 11.5 Å². The molecule has 0 radical (unpaired) electrons. The SMILES string of the molecule is Cc1ccc(-c2nc3cc(NC(=O)c4sc5ccccc5c4Cl)ccc3o2)c(Cl)c1. The molecule has 0 spiro atoms. The lowest BCUT2D eigenvalue weighted by Gasteiger charge is -2.03. The van der Waals surface area contributed by atoms with Crippen LogP contribution in [-0.2, 0) is 0 Å². The Balaban J connectivity index is 1.46. The minimum Gasteiger partial charge on any atom is -0.436 e. The molecule has 30 heavy (non-hydrogen) atoms. The van der Waals surface area contributed by atoms with E-state index in [1.165, 1.54) is 11.3 Å². The van der Waals surface area contributed by atoms with Crippen LogP contribution in [0.15, 0.2) is 65.1 Å². The summed E-state index contributed by atoms with van der Waals surface area (Å²) in [5, 5.41) is 4.82. The van der Waals surface area contributed by atoms with E-state index in [9.17, 15) is 4.79 Å². The zero-order chi connectivity index (χ0) is 20.8. The van der Waals surface area contributed by atoms with Gasteiger partial charge >= 0.3 is 0 Å². The van der Waals surface area contributed by atoms with Crippen LogP contribution >= 0.6 is 34.5 Å². The number of aromatic nitrogens is 1. The summed E-state index contributed by atoms with van der Waals surface area (Å²) in [4.78, 5) is 17.8. The highest BCUT2D eigenvalue weighted by molar-refractivity contribution is 7.21. The van der Waals surface area contributed by atoms with Crippen LogP contribution in [0.5, 0.6) is 0 Å². The summed E-state index contributed by atoms with van der Waals surface area (Å²) in [6, 6.07) is 18.7. The molecule has 0 aliphatic carbocycles. The Morgan fingerprint density at radius 3 is 2.70 bits per heavy atom. The molecule has 0 aliphatic rings. The number of rotatable bonds is 3. The Bertz CT molecular complexity index is 1440. The molecule has 3 aromatic carbocycles. The fraction of sp³-hybridized carbons (Fsp3) is 0.0435. The molecule has 0 saturated heterocycles. The molecular weight excluding hydrogens is 439 g/mol. The number of nitrogens with zero attached hydrogens (tertiary/aromatic N) is 1. The van der Waals surface area contributed by atoms with Gasteiger partial charge in [-0.3, -0.25) is 4.79 Å². The lowest BCUT2D eigenvalue weighted by molar-refractivity contribution is 0.103. The van der Waals surface area contributed by atoms with E-state index >= 15 is 0 Å². The molecule has 2 aromatic heterocycles. The van der Waals surface area contributed by atoms with Crippen molar-refractivity contribution in [3.63, 3.8) is 0 Å². The second-order valence-electron chi connectivity index (χ2n) is 6.88. The molecule has 7 heteroatoms. The van der Waals surface area contributed by atoms with Crippen molar-refractivity contribution in [1.29, 1.82) is 0 Å². The number of aryl methyl sites for hydroxylation is 1. The third-order valence-corrected chi connectivity index (χ3v) is 6.73. The van der Waals surface area contributed by atoms with E-state index in [0.717, 1.165) is 21.2 Å². The van der Waals surface area contributed by atoms with Gasteiger partial charge < -0.3 is 9.73 Å². The average Bonchev–Trinajstić information content (AvgIpc) is 3.29. The summed E-state index contributed by atoms with van der Waals surface area (Å²) in [6.45, 7) is 1.97. The molecule has 0 fully saturated rings. The van der Waals surface area contributed by atoms with E-state index in [1.54, 1.807) is 18.2 Å². The van der Waals surface area contributed by atoms with Crippen LogP contribution in [0.3, 0.4) is 0 Å². The number of anilines is 1. The number of amides is 1. The van der Waals surface area contributed by atoms with Gasteiger partial charge in [-0.2, -0.15) is 0 Å². The van der Waals surface area contributed by atoms with E-state index in [0.29, 0.717) is 37.6 Å². The molecule has 0 atom stereocenters. The van der Waals surface area contributed by atoms with Crippen LogP contribution in [0.4, 0.5) is 5.69 Å². The Hall–Kier alpha value is -2.86. The smallest absolute Gasteiger partial charge is 0.267 e. The summed E-state index contributed by atoms with van der Waals surface area (Å²) in [6.07, 6.45) is 0. The van der Waals surface area contributed by atoms with Crippen LogP contribution in [0, 0.1) is 6.92 Å². The van der Waals surface area contributed by atoms with Gasteiger partial charge in [-0.15, -0.1) is 11.3 Å². The standard InChI is InChI=1S/C23H14Cl2N2O2S/c1-12-6-8-14(16(24)10-12)23-27-17-11-13(7-9-18(17)29-23)26-22(28)21-20(25)15-4-2-3-5-19(15)30-21/h2-11H,1H3,(H,26,28). The summed E-state index contributed by atoms with van der Waals surface area (Å²) < 4.78 is 6.82. The van der Waals surface area contributed by atoms with Gasteiger partial charge in [0.05, 0.1) is 15.6 Å². The molecule has 5 rings (SSSR count). The van der Waals surface area contributed by atoms with Crippen LogP contribution in [0.1, 0.15) is 15.2 Å². The van der Waals surface area contributed by atoms with Crippen molar-refractivity contribution >= 4 is 67.3 Å². The normalized spacial score (nSPS) is 11.3. The minimum absolute atomic E-state index is 0.258. The van der Waals surface area contributed by atoms with Crippen LogP contribution in [0.2, 0.25) is 10.0 Å².